The molecule has 0 amide bonds. The van der Waals surface area contributed by atoms with Gasteiger partial charge in [-0.1, -0.05) is 27.7 Å². The third kappa shape index (κ3) is 5.57. The van der Waals surface area contributed by atoms with Gasteiger partial charge in [-0.25, -0.2) is 4.79 Å². The number of ether oxygens (including phenoxy) is 3. The molecule has 1 aromatic rings. The van der Waals surface area contributed by atoms with E-state index in [4.69, 9.17) is 18.6 Å². The Kier molecular flexibility index (Phi) is 8.42. The topological polar surface area (TPSA) is 126 Å². The van der Waals surface area contributed by atoms with Crippen molar-refractivity contribution in [1.82, 2.24) is 0 Å². The van der Waals surface area contributed by atoms with Crippen LogP contribution in [-0.2, 0) is 38.2 Å². The first kappa shape index (κ1) is 31.5. The SMILES string of the molecule is COC(=O)[C@@H](OC(C)=O)[C@@H]1C[C@]2(C)CC[C@@H]3CC[C@@H]4[C@H](c5ccoc5)OC(=O)C[C@]4(C)C3CC[C@@H](CC(=O)C1(C)C)C2=O. The molecule has 43 heavy (non-hydrogen) atoms. The Balaban J connectivity index is 1.50. The van der Waals surface area contributed by atoms with Crippen molar-refractivity contribution >= 4 is 29.5 Å². The van der Waals surface area contributed by atoms with Crippen LogP contribution in [0.3, 0.4) is 0 Å². The minimum atomic E-state index is -1.29. The van der Waals surface area contributed by atoms with E-state index in [9.17, 15) is 24.0 Å². The number of fused-ring (bicyclic) bond motifs is 5. The zero-order valence-corrected chi connectivity index (χ0v) is 26.3. The first-order valence-electron chi connectivity index (χ1n) is 15.8. The predicted octanol–water partition coefficient (Wildman–Crippen LogP) is 5.79. The van der Waals surface area contributed by atoms with Crippen molar-refractivity contribution < 1.29 is 42.6 Å². The van der Waals surface area contributed by atoms with Crippen LogP contribution in [0.4, 0.5) is 0 Å². The van der Waals surface area contributed by atoms with Gasteiger partial charge in [-0.15, -0.1) is 0 Å². The average Bonchev–Trinajstić information content (AvgIpc) is 3.49. The first-order chi connectivity index (χ1) is 20.2. The lowest BCUT2D eigenvalue weighted by Gasteiger charge is -2.55. The van der Waals surface area contributed by atoms with Crippen molar-refractivity contribution in [3.8, 4) is 0 Å². The molecule has 2 heterocycles. The van der Waals surface area contributed by atoms with Gasteiger partial charge in [-0.3, -0.25) is 19.2 Å². The summed E-state index contributed by atoms with van der Waals surface area (Å²) in [5.74, 6) is -2.19. The number of ketones is 2. The van der Waals surface area contributed by atoms with Crippen LogP contribution < -0.4 is 0 Å². The van der Waals surface area contributed by atoms with Crippen LogP contribution in [0.25, 0.3) is 0 Å². The van der Waals surface area contributed by atoms with Gasteiger partial charge in [-0.2, -0.15) is 0 Å². The summed E-state index contributed by atoms with van der Waals surface area (Å²) in [7, 11) is 1.23. The standard InChI is InChI=1S/C34H46O9/c1-19(35)42-29(31(39)40-6)25-16-33(4)13-11-20-7-10-24-28(22-12-14-41-18-22)43-27(37)17-34(24,5)23(20)9-8-21(30(33)38)15-26(36)32(25,2)3/h12,14,18,20-21,23-25,28-29H,7-11,13,15-17H2,1-6H3/t20-,21-,23?,24+,25-,28-,29-,33-,34+/m0/s1. The maximum atomic E-state index is 14.4. The Hall–Kier alpha value is -2.97. The second-order valence-electron chi connectivity index (χ2n) is 14.7. The predicted molar refractivity (Wildman–Crippen MR) is 154 cm³/mol. The summed E-state index contributed by atoms with van der Waals surface area (Å²) in [5, 5.41) is 0. The highest BCUT2D eigenvalue weighted by atomic mass is 16.6. The summed E-state index contributed by atoms with van der Waals surface area (Å²) in [6.45, 7) is 9.00. The van der Waals surface area contributed by atoms with E-state index in [2.05, 4.69) is 6.92 Å². The van der Waals surface area contributed by atoms with E-state index in [0.717, 1.165) is 31.2 Å². The molecule has 1 aliphatic heterocycles. The van der Waals surface area contributed by atoms with Crippen LogP contribution in [0, 0.1) is 45.8 Å². The highest BCUT2D eigenvalue weighted by Crippen LogP contribution is 2.61. The van der Waals surface area contributed by atoms with E-state index in [1.807, 2.05) is 13.0 Å². The summed E-state index contributed by atoms with van der Waals surface area (Å²) >= 11 is 0. The number of furan rings is 1. The summed E-state index contributed by atoms with van der Waals surface area (Å²) in [4.78, 5) is 66.3. The van der Waals surface area contributed by atoms with Gasteiger partial charge in [-0.05, 0) is 68.3 Å². The second kappa shape index (κ2) is 11.5. The normalized spacial score (nSPS) is 38.4. The number of hydrogen-bond acceptors (Lipinski definition) is 9. The number of carbonyl (C=O) groups excluding carboxylic acids is 5. The molecule has 3 aliphatic carbocycles. The third-order valence-electron chi connectivity index (χ3n) is 11.8. The Morgan fingerprint density at radius 3 is 2.37 bits per heavy atom. The number of esters is 3. The second-order valence-corrected chi connectivity index (χ2v) is 14.7. The Bertz CT molecular complexity index is 1260. The Morgan fingerprint density at radius 1 is 1.00 bits per heavy atom. The molecule has 3 saturated carbocycles. The molecule has 4 fully saturated rings. The molecule has 1 saturated heterocycles. The number of methoxy groups -OCH3 is 1. The number of carbonyl (C=O) groups is 5. The van der Waals surface area contributed by atoms with Crippen molar-refractivity contribution in [2.45, 2.75) is 105 Å². The number of Topliss-reactive ketones (excluding diaryl/α,β-unsaturated/α-hetero) is 2. The van der Waals surface area contributed by atoms with Gasteiger partial charge in [0.15, 0.2) is 0 Å². The number of rotatable bonds is 4. The molecular weight excluding hydrogens is 552 g/mol. The molecule has 9 nitrogen and oxygen atoms in total. The van der Waals surface area contributed by atoms with Crippen molar-refractivity contribution in [3.63, 3.8) is 0 Å². The van der Waals surface area contributed by atoms with Crippen LogP contribution >= 0.6 is 0 Å². The van der Waals surface area contributed by atoms with Crippen LogP contribution in [0.15, 0.2) is 23.0 Å². The average molecular weight is 599 g/mol. The van der Waals surface area contributed by atoms with Gasteiger partial charge in [0.25, 0.3) is 0 Å². The minimum absolute atomic E-state index is 0.0486. The lowest BCUT2D eigenvalue weighted by atomic mass is 9.51. The molecule has 0 aromatic carbocycles. The van der Waals surface area contributed by atoms with E-state index in [1.54, 1.807) is 26.4 Å². The molecule has 2 bridgehead atoms. The summed E-state index contributed by atoms with van der Waals surface area (Å²) < 4.78 is 21.8. The molecule has 4 aliphatic rings. The molecule has 9 heteroatoms. The maximum Gasteiger partial charge on any atom is 0.347 e. The van der Waals surface area contributed by atoms with Crippen LogP contribution in [-0.4, -0.2) is 42.7 Å². The summed E-state index contributed by atoms with van der Waals surface area (Å²) in [6.07, 6.45) is 6.84. The van der Waals surface area contributed by atoms with Crippen molar-refractivity contribution in [1.29, 1.82) is 0 Å². The van der Waals surface area contributed by atoms with Crippen molar-refractivity contribution in [2.75, 3.05) is 7.11 Å². The first-order valence-corrected chi connectivity index (χ1v) is 15.8. The summed E-state index contributed by atoms with van der Waals surface area (Å²) in [6, 6.07) is 1.87. The lowest BCUT2D eigenvalue weighted by molar-refractivity contribution is -0.187. The van der Waals surface area contributed by atoms with E-state index >= 15 is 0 Å². The molecule has 236 valence electrons. The quantitative estimate of drug-likeness (QED) is 0.312. The zero-order chi connectivity index (χ0) is 31.3. The maximum absolute atomic E-state index is 14.4. The lowest BCUT2D eigenvalue weighted by Crippen LogP contribution is -2.52. The van der Waals surface area contributed by atoms with Crippen LogP contribution in [0.5, 0.6) is 0 Å². The van der Waals surface area contributed by atoms with Crippen molar-refractivity contribution in [3.05, 3.63) is 24.2 Å². The van der Waals surface area contributed by atoms with Gasteiger partial charge in [0, 0.05) is 47.5 Å². The van der Waals surface area contributed by atoms with Crippen LogP contribution in [0.1, 0.15) is 104 Å². The van der Waals surface area contributed by atoms with Gasteiger partial charge in [0.1, 0.15) is 17.7 Å². The molecule has 0 N–H and O–H groups in total. The minimum Gasteiger partial charge on any atom is -0.472 e. The Labute approximate surface area is 253 Å². The molecular formula is C34H46O9. The largest absolute Gasteiger partial charge is 0.472 e. The Morgan fingerprint density at radius 2 is 1.72 bits per heavy atom. The van der Waals surface area contributed by atoms with Crippen molar-refractivity contribution in [2.24, 2.45) is 45.8 Å². The zero-order valence-electron chi connectivity index (χ0n) is 26.3. The van der Waals surface area contributed by atoms with Gasteiger partial charge >= 0.3 is 17.9 Å². The smallest absolute Gasteiger partial charge is 0.347 e. The highest BCUT2D eigenvalue weighted by molar-refractivity contribution is 5.95. The number of cyclic esters (lactones) is 1. The van der Waals surface area contributed by atoms with E-state index in [1.165, 1.54) is 14.0 Å². The fraction of sp³-hybridized carbons (Fsp3) is 0.735. The van der Waals surface area contributed by atoms with Crippen LogP contribution in [0.2, 0.25) is 0 Å². The molecule has 9 atom stereocenters. The summed E-state index contributed by atoms with van der Waals surface area (Å²) in [5.41, 5.74) is -1.29. The molecule has 1 unspecified atom stereocenters. The van der Waals surface area contributed by atoms with E-state index < -0.39 is 40.7 Å². The van der Waals surface area contributed by atoms with Gasteiger partial charge < -0.3 is 18.6 Å². The third-order valence-corrected chi connectivity index (χ3v) is 11.8. The highest BCUT2D eigenvalue weighted by Gasteiger charge is 2.58. The van der Waals surface area contributed by atoms with E-state index in [-0.39, 0.29) is 53.7 Å². The van der Waals surface area contributed by atoms with Gasteiger partial charge in [0.05, 0.1) is 26.1 Å². The fourth-order valence-corrected chi connectivity index (χ4v) is 9.26. The number of hydrogen-bond donors (Lipinski definition) is 0. The van der Waals surface area contributed by atoms with Gasteiger partial charge in [0.2, 0.25) is 6.10 Å². The van der Waals surface area contributed by atoms with E-state index in [0.29, 0.717) is 25.2 Å². The molecule has 0 spiro atoms. The molecule has 0 radical (unpaired) electrons. The molecule has 1 aromatic heterocycles. The fourth-order valence-electron chi connectivity index (χ4n) is 9.26. The monoisotopic (exact) mass is 598 g/mol. The molecule has 5 rings (SSSR count).